The van der Waals surface area contributed by atoms with Crippen LogP contribution < -0.4 is 4.57 Å². The van der Waals surface area contributed by atoms with E-state index in [1.165, 1.54) is 49.5 Å². The molecule has 0 saturated heterocycles. The van der Waals surface area contributed by atoms with Crippen molar-refractivity contribution in [1.29, 1.82) is 0 Å². The smallest absolute Gasteiger partial charge is 0.223 e. The van der Waals surface area contributed by atoms with E-state index >= 15 is 0 Å². The Balaban J connectivity index is 1.42. The van der Waals surface area contributed by atoms with Crippen molar-refractivity contribution in [2.45, 2.75) is 20.0 Å². The second-order valence-corrected chi connectivity index (χ2v) is 8.57. The first kappa shape index (κ1) is 18.8. The molecule has 0 aliphatic carbocycles. The Kier molecular flexibility index (Phi) is 4.50. The summed E-state index contributed by atoms with van der Waals surface area (Å²) in [7, 11) is 0. The number of imidazole rings is 1. The molecular weight excluding hydrogens is 388 g/mol. The highest BCUT2D eigenvalue weighted by Crippen LogP contribution is 2.21. The van der Waals surface area contributed by atoms with E-state index < -0.39 is 0 Å². The monoisotopic (exact) mass is 413 g/mol. The van der Waals surface area contributed by atoms with Gasteiger partial charge in [-0.15, -0.1) is 0 Å². The molecule has 0 fully saturated rings. The molecule has 0 amide bonds. The standard InChI is InChI=1S/C30H25N2/c1-22-31(20-23-14-16-25-8-2-4-10-27(25)18-23)29-12-6-7-13-30(29)32(22)21-24-15-17-26-9-3-5-11-28(26)19-24/h2-19H,20-21H2,1H3/q+1. The Bertz CT molecular complexity index is 1470. The van der Waals surface area contributed by atoms with Gasteiger partial charge >= 0.3 is 0 Å². The lowest BCUT2D eigenvalue weighted by Gasteiger charge is -2.05. The fraction of sp³-hybridized carbons (Fsp3) is 0.100. The lowest BCUT2D eigenvalue weighted by Crippen LogP contribution is -2.37. The lowest BCUT2D eigenvalue weighted by atomic mass is 10.1. The highest BCUT2D eigenvalue weighted by atomic mass is 15.2. The Morgan fingerprint density at radius 3 is 1.88 bits per heavy atom. The number of aromatic nitrogens is 2. The largest absolute Gasteiger partial charge is 0.254 e. The quantitative estimate of drug-likeness (QED) is 0.286. The number of rotatable bonds is 4. The SMILES string of the molecule is Cc1n(Cc2ccc3ccccc3c2)c2ccccc2[n+]1Cc1ccc2ccccc2c1. The molecule has 0 unspecified atom stereocenters. The van der Waals surface area contributed by atoms with Gasteiger partial charge in [0.2, 0.25) is 0 Å². The van der Waals surface area contributed by atoms with Crippen molar-refractivity contribution in [3.8, 4) is 0 Å². The molecule has 32 heavy (non-hydrogen) atoms. The first-order valence-electron chi connectivity index (χ1n) is 11.2. The van der Waals surface area contributed by atoms with Crippen LogP contribution in [0, 0.1) is 6.92 Å². The van der Waals surface area contributed by atoms with Gasteiger partial charge in [0.15, 0.2) is 11.0 Å². The molecule has 0 atom stereocenters. The number of hydrogen-bond donors (Lipinski definition) is 0. The van der Waals surface area contributed by atoms with Crippen molar-refractivity contribution in [2.75, 3.05) is 0 Å². The fourth-order valence-corrected chi connectivity index (χ4v) is 4.85. The van der Waals surface area contributed by atoms with Gasteiger partial charge < -0.3 is 0 Å². The molecule has 0 aliphatic rings. The molecule has 6 aromatic rings. The predicted octanol–water partition coefficient (Wildman–Crippen LogP) is 6.64. The van der Waals surface area contributed by atoms with Crippen LogP contribution >= 0.6 is 0 Å². The summed E-state index contributed by atoms with van der Waals surface area (Å²) >= 11 is 0. The number of fused-ring (bicyclic) bond motifs is 3. The second kappa shape index (κ2) is 7.65. The van der Waals surface area contributed by atoms with Crippen LogP contribution in [0.5, 0.6) is 0 Å². The highest BCUT2D eigenvalue weighted by Gasteiger charge is 2.21. The molecule has 0 aliphatic heterocycles. The first-order chi connectivity index (χ1) is 15.8. The van der Waals surface area contributed by atoms with E-state index in [2.05, 4.69) is 125 Å². The molecular formula is C30H25N2+. The van der Waals surface area contributed by atoms with Gasteiger partial charge in [0, 0.05) is 6.92 Å². The normalized spacial score (nSPS) is 11.5. The average Bonchev–Trinajstić information content (AvgIpc) is 3.10. The van der Waals surface area contributed by atoms with Gasteiger partial charge in [-0.3, -0.25) is 0 Å². The van der Waals surface area contributed by atoms with Crippen LogP contribution in [-0.2, 0) is 13.1 Å². The van der Waals surface area contributed by atoms with Crippen molar-refractivity contribution in [3.05, 3.63) is 126 Å². The van der Waals surface area contributed by atoms with Gasteiger partial charge in [0.25, 0.3) is 5.82 Å². The summed E-state index contributed by atoms with van der Waals surface area (Å²) in [4.78, 5) is 0. The molecule has 0 radical (unpaired) electrons. The summed E-state index contributed by atoms with van der Waals surface area (Å²) in [6.45, 7) is 3.96. The van der Waals surface area contributed by atoms with Crippen LogP contribution in [0.3, 0.4) is 0 Å². The summed E-state index contributed by atoms with van der Waals surface area (Å²) in [5.41, 5.74) is 5.20. The Morgan fingerprint density at radius 2 is 1.16 bits per heavy atom. The van der Waals surface area contributed by atoms with E-state index in [1.54, 1.807) is 0 Å². The van der Waals surface area contributed by atoms with Gasteiger partial charge in [-0.1, -0.05) is 84.9 Å². The van der Waals surface area contributed by atoms with Crippen LogP contribution in [-0.4, -0.2) is 4.57 Å². The Hall–Kier alpha value is -3.91. The predicted molar refractivity (Wildman–Crippen MR) is 133 cm³/mol. The third kappa shape index (κ3) is 3.25. The Labute approximate surface area is 188 Å². The number of para-hydroxylation sites is 2. The van der Waals surface area contributed by atoms with E-state index in [0.29, 0.717) is 0 Å². The van der Waals surface area contributed by atoms with Crippen molar-refractivity contribution in [2.24, 2.45) is 0 Å². The molecule has 0 spiro atoms. The highest BCUT2D eigenvalue weighted by molar-refractivity contribution is 5.84. The average molecular weight is 414 g/mol. The van der Waals surface area contributed by atoms with Crippen molar-refractivity contribution in [3.63, 3.8) is 0 Å². The van der Waals surface area contributed by atoms with E-state index in [-0.39, 0.29) is 0 Å². The molecule has 154 valence electrons. The molecule has 2 heteroatoms. The van der Waals surface area contributed by atoms with Crippen LogP contribution in [0.4, 0.5) is 0 Å². The van der Waals surface area contributed by atoms with Gasteiger partial charge in [0.05, 0.1) is 0 Å². The van der Waals surface area contributed by atoms with Crippen LogP contribution in [0.15, 0.2) is 109 Å². The lowest BCUT2D eigenvalue weighted by molar-refractivity contribution is -0.669. The molecule has 6 rings (SSSR count). The molecule has 1 heterocycles. The molecule has 5 aromatic carbocycles. The van der Waals surface area contributed by atoms with Crippen LogP contribution in [0.25, 0.3) is 32.6 Å². The summed E-state index contributed by atoms with van der Waals surface area (Å²) in [5, 5.41) is 5.17. The molecule has 0 N–H and O–H groups in total. The van der Waals surface area contributed by atoms with E-state index in [0.717, 1.165) is 13.1 Å². The van der Waals surface area contributed by atoms with Crippen molar-refractivity contribution < 1.29 is 4.57 Å². The van der Waals surface area contributed by atoms with Crippen molar-refractivity contribution >= 4 is 32.6 Å². The number of nitrogens with zero attached hydrogens (tertiary/aromatic N) is 2. The number of hydrogen-bond acceptors (Lipinski definition) is 0. The van der Waals surface area contributed by atoms with E-state index in [9.17, 15) is 0 Å². The molecule has 1 aromatic heterocycles. The molecule has 0 bridgehead atoms. The maximum atomic E-state index is 2.44. The van der Waals surface area contributed by atoms with Crippen LogP contribution in [0.1, 0.15) is 17.0 Å². The van der Waals surface area contributed by atoms with E-state index in [4.69, 9.17) is 0 Å². The first-order valence-corrected chi connectivity index (χ1v) is 11.2. The van der Waals surface area contributed by atoms with Gasteiger partial charge in [-0.25, -0.2) is 9.13 Å². The minimum Gasteiger partial charge on any atom is -0.223 e. The van der Waals surface area contributed by atoms with Gasteiger partial charge in [0.1, 0.15) is 13.1 Å². The summed E-state index contributed by atoms with van der Waals surface area (Å²) < 4.78 is 4.89. The minimum atomic E-state index is 0.863. The second-order valence-electron chi connectivity index (χ2n) is 8.57. The topological polar surface area (TPSA) is 8.81 Å². The summed E-state index contributed by atoms with van der Waals surface area (Å²) in [5.74, 6) is 1.27. The summed E-state index contributed by atoms with van der Waals surface area (Å²) in [6.07, 6.45) is 0. The molecule has 2 nitrogen and oxygen atoms in total. The van der Waals surface area contributed by atoms with Crippen molar-refractivity contribution in [1.82, 2.24) is 4.57 Å². The maximum Gasteiger partial charge on any atom is 0.254 e. The zero-order valence-corrected chi connectivity index (χ0v) is 18.2. The third-order valence-corrected chi connectivity index (χ3v) is 6.55. The van der Waals surface area contributed by atoms with Gasteiger partial charge in [-0.2, -0.15) is 0 Å². The Morgan fingerprint density at radius 1 is 0.594 bits per heavy atom. The number of benzene rings is 5. The zero-order valence-electron chi connectivity index (χ0n) is 18.2. The third-order valence-electron chi connectivity index (χ3n) is 6.55. The van der Waals surface area contributed by atoms with Crippen LogP contribution in [0.2, 0.25) is 0 Å². The molecule has 0 saturated carbocycles. The van der Waals surface area contributed by atoms with E-state index in [1.807, 2.05) is 0 Å². The fourth-order valence-electron chi connectivity index (χ4n) is 4.85. The minimum absolute atomic E-state index is 0.863. The van der Waals surface area contributed by atoms with Gasteiger partial charge in [-0.05, 0) is 56.9 Å². The zero-order chi connectivity index (χ0) is 21.5. The maximum absolute atomic E-state index is 2.44. The summed E-state index contributed by atoms with van der Waals surface area (Å²) in [6, 6.07) is 39.5.